The van der Waals surface area contributed by atoms with Gasteiger partial charge in [0.1, 0.15) is 5.75 Å². The van der Waals surface area contributed by atoms with Crippen LogP contribution in [0, 0.1) is 0 Å². The monoisotopic (exact) mass is 386 g/mol. The number of amides is 2. The Hall–Kier alpha value is -3.60. The lowest BCUT2D eigenvalue weighted by molar-refractivity contribution is -0.116. The van der Waals surface area contributed by atoms with Crippen molar-refractivity contribution in [3.8, 4) is 5.75 Å². The molecule has 2 aliphatic rings. The lowest BCUT2D eigenvalue weighted by Crippen LogP contribution is -2.25. The van der Waals surface area contributed by atoms with Crippen molar-refractivity contribution in [1.29, 1.82) is 0 Å². The molecule has 0 aliphatic heterocycles. The number of aryl methyl sites for hydroxylation is 1. The summed E-state index contributed by atoms with van der Waals surface area (Å²) in [4.78, 5) is 25.2. The van der Waals surface area contributed by atoms with Crippen molar-refractivity contribution >= 4 is 23.6 Å². The SMILES string of the molecule is O=C(NC1=CCCC=C1)C1=Cc2cc(C(=O)Nc3ccccc3)c(O)cc2CC1. The first kappa shape index (κ1) is 18.7. The standard InChI is InChI=1S/C24H22N2O3/c27-22-15-16-11-12-17(23(28)25-19-7-3-1-4-8-19)13-18(16)14-21(22)24(29)26-20-9-5-2-6-10-20/h2-3,5-10,13-15,27H,1,4,11-12H2,(H,25,28)(H,26,29). The summed E-state index contributed by atoms with van der Waals surface area (Å²) in [6, 6.07) is 12.3. The Morgan fingerprint density at radius 3 is 2.52 bits per heavy atom. The zero-order chi connectivity index (χ0) is 20.2. The summed E-state index contributed by atoms with van der Waals surface area (Å²) in [5.74, 6) is -0.577. The van der Waals surface area contributed by atoms with Gasteiger partial charge in [0.25, 0.3) is 11.8 Å². The summed E-state index contributed by atoms with van der Waals surface area (Å²) in [5, 5.41) is 16.0. The van der Waals surface area contributed by atoms with Crippen LogP contribution < -0.4 is 10.6 Å². The van der Waals surface area contributed by atoms with Crippen molar-refractivity contribution in [3.05, 3.63) is 88.7 Å². The minimum absolute atomic E-state index is 0.0593. The zero-order valence-corrected chi connectivity index (χ0v) is 15.9. The largest absolute Gasteiger partial charge is 0.507 e. The van der Waals surface area contributed by atoms with Gasteiger partial charge in [0.05, 0.1) is 5.56 Å². The Morgan fingerprint density at radius 2 is 1.76 bits per heavy atom. The summed E-state index contributed by atoms with van der Waals surface area (Å²) in [5.41, 5.74) is 4.03. The normalized spacial score (nSPS) is 15.0. The number of anilines is 1. The first-order valence-electron chi connectivity index (χ1n) is 9.71. The number of hydrogen-bond donors (Lipinski definition) is 3. The maximum atomic E-state index is 12.6. The second-order valence-electron chi connectivity index (χ2n) is 7.15. The van der Waals surface area contributed by atoms with Crippen LogP contribution in [0.5, 0.6) is 5.75 Å². The summed E-state index contributed by atoms with van der Waals surface area (Å²) in [6.07, 6.45) is 10.9. The molecule has 0 heterocycles. The third-order valence-electron chi connectivity index (χ3n) is 5.07. The molecule has 146 valence electrons. The molecule has 0 radical (unpaired) electrons. The van der Waals surface area contributed by atoms with Gasteiger partial charge in [-0.05, 0) is 73.2 Å². The van der Waals surface area contributed by atoms with E-state index in [0.717, 1.165) is 29.7 Å². The summed E-state index contributed by atoms with van der Waals surface area (Å²) >= 11 is 0. The quantitative estimate of drug-likeness (QED) is 0.732. The number of para-hydroxylation sites is 1. The van der Waals surface area contributed by atoms with Gasteiger partial charge >= 0.3 is 0 Å². The van der Waals surface area contributed by atoms with Gasteiger partial charge in [0.2, 0.25) is 0 Å². The van der Waals surface area contributed by atoms with Crippen LogP contribution in [0.3, 0.4) is 0 Å². The Kier molecular flexibility index (Phi) is 5.29. The lowest BCUT2D eigenvalue weighted by Gasteiger charge is -2.19. The number of rotatable bonds is 4. The maximum Gasteiger partial charge on any atom is 0.259 e. The Morgan fingerprint density at radius 1 is 0.931 bits per heavy atom. The highest BCUT2D eigenvalue weighted by molar-refractivity contribution is 6.07. The Labute approximate surface area is 169 Å². The third-order valence-corrected chi connectivity index (χ3v) is 5.07. The number of nitrogens with one attached hydrogen (secondary N) is 2. The minimum atomic E-state index is -0.390. The van der Waals surface area contributed by atoms with E-state index in [1.807, 2.05) is 36.4 Å². The van der Waals surface area contributed by atoms with Gasteiger partial charge in [-0.2, -0.15) is 0 Å². The number of phenols is 1. The Bertz CT molecular complexity index is 1050. The van der Waals surface area contributed by atoms with Crippen LogP contribution in [-0.2, 0) is 11.2 Å². The number of allylic oxidation sites excluding steroid dienone is 3. The van der Waals surface area contributed by atoms with Crippen LogP contribution in [0.15, 0.2) is 72.0 Å². The van der Waals surface area contributed by atoms with Gasteiger partial charge in [0, 0.05) is 17.0 Å². The molecule has 2 aliphatic carbocycles. The zero-order valence-electron chi connectivity index (χ0n) is 15.9. The molecule has 2 aromatic rings. The van der Waals surface area contributed by atoms with Crippen molar-refractivity contribution in [3.63, 3.8) is 0 Å². The van der Waals surface area contributed by atoms with E-state index in [2.05, 4.69) is 10.6 Å². The number of carbonyl (C=O) groups is 2. The van der Waals surface area contributed by atoms with Gasteiger partial charge in [-0.15, -0.1) is 0 Å². The number of benzene rings is 2. The van der Waals surface area contributed by atoms with E-state index in [1.165, 1.54) is 0 Å². The predicted octanol–water partition coefficient (Wildman–Crippen LogP) is 4.32. The van der Waals surface area contributed by atoms with Crippen LogP contribution in [0.2, 0.25) is 0 Å². The minimum Gasteiger partial charge on any atom is -0.507 e. The lowest BCUT2D eigenvalue weighted by atomic mass is 9.90. The fourth-order valence-corrected chi connectivity index (χ4v) is 3.53. The molecule has 2 amide bonds. The molecule has 5 heteroatoms. The number of carbonyl (C=O) groups excluding carboxylic acids is 2. The molecule has 0 unspecified atom stereocenters. The highest BCUT2D eigenvalue weighted by atomic mass is 16.3. The average Bonchev–Trinajstić information content (AvgIpc) is 2.74. The van der Waals surface area contributed by atoms with Crippen molar-refractivity contribution in [2.24, 2.45) is 0 Å². The van der Waals surface area contributed by atoms with Crippen molar-refractivity contribution in [1.82, 2.24) is 5.32 Å². The molecule has 0 spiro atoms. The Balaban J connectivity index is 1.56. The van der Waals surface area contributed by atoms with Crippen molar-refractivity contribution < 1.29 is 14.7 Å². The topological polar surface area (TPSA) is 78.4 Å². The van der Waals surface area contributed by atoms with Gasteiger partial charge < -0.3 is 15.7 Å². The smallest absolute Gasteiger partial charge is 0.259 e. The van der Waals surface area contributed by atoms with Gasteiger partial charge in [-0.1, -0.05) is 30.4 Å². The molecule has 0 atom stereocenters. The van der Waals surface area contributed by atoms with E-state index < -0.39 is 0 Å². The molecule has 0 fully saturated rings. The highest BCUT2D eigenvalue weighted by Crippen LogP contribution is 2.30. The fourth-order valence-electron chi connectivity index (χ4n) is 3.53. The van der Waals surface area contributed by atoms with Crippen LogP contribution in [0.4, 0.5) is 5.69 Å². The second-order valence-corrected chi connectivity index (χ2v) is 7.15. The maximum absolute atomic E-state index is 12.6. The van der Waals surface area contributed by atoms with E-state index in [-0.39, 0.29) is 23.1 Å². The van der Waals surface area contributed by atoms with E-state index in [1.54, 1.807) is 30.3 Å². The molecule has 0 bridgehead atoms. The van der Waals surface area contributed by atoms with Crippen LogP contribution in [0.1, 0.15) is 40.7 Å². The molecule has 0 saturated carbocycles. The number of aromatic hydroxyl groups is 1. The summed E-state index contributed by atoms with van der Waals surface area (Å²) in [7, 11) is 0. The molecule has 29 heavy (non-hydrogen) atoms. The van der Waals surface area contributed by atoms with Crippen LogP contribution in [-0.4, -0.2) is 16.9 Å². The first-order valence-corrected chi connectivity index (χ1v) is 9.71. The van der Waals surface area contributed by atoms with E-state index in [4.69, 9.17) is 0 Å². The summed E-state index contributed by atoms with van der Waals surface area (Å²) in [6.45, 7) is 0. The molecule has 3 N–H and O–H groups in total. The molecule has 5 nitrogen and oxygen atoms in total. The third kappa shape index (κ3) is 4.29. The number of hydrogen-bond acceptors (Lipinski definition) is 3. The van der Waals surface area contributed by atoms with E-state index in [0.29, 0.717) is 24.1 Å². The van der Waals surface area contributed by atoms with Crippen LogP contribution in [0.25, 0.3) is 6.08 Å². The molecule has 0 aromatic heterocycles. The van der Waals surface area contributed by atoms with E-state index in [9.17, 15) is 14.7 Å². The molecule has 2 aromatic carbocycles. The van der Waals surface area contributed by atoms with Crippen molar-refractivity contribution in [2.75, 3.05) is 5.32 Å². The van der Waals surface area contributed by atoms with Gasteiger partial charge in [-0.3, -0.25) is 9.59 Å². The second kappa shape index (κ2) is 8.19. The molecular weight excluding hydrogens is 364 g/mol. The predicted molar refractivity (Wildman–Crippen MR) is 113 cm³/mol. The molecule has 0 saturated heterocycles. The van der Waals surface area contributed by atoms with Gasteiger partial charge in [-0.25, -0.2) is 0 Å². The number of phenolic OH excluding ortho intramolecular Hbond substituents is 1. The average molecular weight is 386 g/mol. The van der Waals surface area contributed by atoms with Gasteiger partial charge in [0.15, 0.2) is 0 Å². The number of fused-ring (bicyclic) bond motifs is 1. The van der Waals surface area contributed by atoms with Crippen molar-refractivity contribution in [2.45, 2.75) is 25.7 Å². The van der Waals surface area contributed by atoms with Crippen LogP contribution >= 0.6 is 0 Å². The van der Waals surface area contributed by atoms with E-state index >= 15 is 0 Å². The highest BCUT2D eigenvalue weighted by Gasteiger charge is 2.21. The molecule has 4 rings (SSSR count). The summed E-state index contributed by atoms with van der Waals surface area (Å²) < 4.78 is 0. The fraction of sp³-hybridized carbons (Fsp3) is 0.167. The molecular formula is C24H22N2O3. The first-order chi connectivity index (χ1) is 14.1.